The summed E-state index contributed by atoms with van der Waals surface area (Å²) >= 11 is 0. The minimum atomic E-state index is -4.46. The van der Waals surface area contributed by atoms with E-state index in [0.717, 1.165) is 103 Å². The average molecular weight is 1040 g/mol. The second-order valence-corrected chi connectivity index (χ2v) is 22.2. The van der Waals surface area contributed by atoms with Crippen LogP contribution >= 0.6 is 7.82 Å². The standard InChI is InChI=1S/C63H111N2O7P/c1-7-10-13-16-19-22-25-27-29-30-31-32-33-34-36-38-41-44-47-50-53-56-63(67)72-61(54-51-48-45-42-39-24-21-18-15-12-9-3)60(59-71-73(68,69)70-58-57-65(4,5)6)64-62(66)55-52-49-46-43-40-37-35-28-26-23-20-17-14-11-8-2/h10,13,19,22-23,26-27,29,31-32,34,36,41,44,51,54,60-61H,7-9,11-12,14-18,20-21,24-25,28,30,33,35,37-40,42-43,45-50,52-53,55-59H2,1-6H3,(H-,64,66,68,69)/p+1/b13-10-,22-19-,26-23-,29-27-,32-31-,36-34-,44-41-,54-51-. The van der Waals surface area contributed by atoms with Gasteiger partial charge in [-0.1, -0.05) is 215 Å². The van der Waals surface area contributed by atoms with Crippen molar-refractivity contribution in [1.29, 1.82) is 0 Å². The number of nitrogens with one attached hydrogen (secondary N) is 1. The molecule has 3 atom stereocenters. The van der Waals surface area contributed by atoms with Gasteiger partial charge in [0.2, 0.25) is 5.91 Å². The van der Waals surface area contributed by atoms with Crippen molar-refractivity contribution in [3.63, 3.8) is 0 Å². The van der Waals surface area contributed by atoms with E-state index in [1.807, 2.05) is 33.3 Å². The number of rotatable bonds is 52. The smallest absolute Gasteiger partial charge is 0.456 e. The molecule has 73 heavy (non-hydrogen) atoms. The van der Waals surface area contributed by atoms with Crippen LogP contribution in [0.3, 0.4) is 0 Å². The van der Waals surface area contributed by atoms with Gasteiger partial charge in [0, 0.05) is 12.8 Å². The summed E-state index contributed by atoms with van der Waals surface area (Å²) < 4.78 is 30.6. The van der Waals surface area contributed by atoms with E-state index < -0.39 is 20.0 Å². The van der Waals surface area contributed by atoms with Crippen molar-refractivity contribution in [2.45, 2.75) is 251 Å². The first-order valence-corrected chi connectivity index (χ1v) is 31.1. The minimum absolute atomic E-state index is 0.0279. The third kappa shape index (κ3) is 53.6. The van der Waals surface area contributed by atoms with Crippen molar-refractivity contribution in [1.82, 2.24) is 5.32 Å². The van der Waals surface area contributed by atoms with Crippen LogP contribution in [-0.4, -0.2) is 74.3 Å². The summed E-state index contributed by atoms with van der Waals surface area (Å²) in [6.45, 7) is 6.83. The van der Waals surface area contributed by atoms with Crippen LogP contribution in [0.15, 0.2) is 97.2 Å². The molecular weight excluding hydrogens is 928 g/mol. The fourth-order valence-corrected chi connectivity index (χ4v) is 8.67. The second-order valence-electron chi connectivity index (χ2n) is 20.8. The van der Waals surface area contributed by atoms with Gasteiger partial charge < -0.3 is 19.4 Å². The number of carbonyl (C=O) groups excluding carboxylic acids is 2. The van der Waals surface area contributed by atoms with Gasteiger partial charge in [-0.2, -0.15) is 0 Å². The molecule has 0 aliphatic carbocycles. The zero-order valence-electron chi connectivity index (χ0n) is 47.8. The predicted molar refractivity (Wildman–Crippen MR) is 314 cm³/mol. The highest BCUT2D eigenvalue weighted by molar-refractivity contribution is 7.47. The van der Waals surface area contributed by atoms with Gasteiger partial charge in [0.05, 0.1) is 33.8 Å². The normalized spacial score (nSPS) is 14.5. The fourth-order valence-electron chi connectivity index (χ4n) is 7.94. The molecule has 3 unspecified atom stereocenters. The molecule has 0 aliphatic heterocycles. The molecule has 0 saturated carbocycles. The highest BCUT2D eigenvalue weighted by Gasteiger charge is 2.30. The Labute approximate surface area is 449 Å². The summed E-state index contributed by atoms with van der Waals surface area (Å²) in [6, 6.07) is -0.873. The first kappa shape index (κ1) is 69.9. The molecule has 0 aromatic carbocycles. The topological polar surface area (TPSA) is 111 Å². The summed E-state index contributed by atoms with van der Waals surface area (Å²) in [5, 5.41) is 3.03. The zero-order chi connectivity index (χ0) is 53.6. The zero-order valence-corrected chi connectivity index (χ0v) is 48.7. The molecule has 0 rings (SSSR count). The summed E-state index contributed by atoms with van der Waals surface area (Å²) in [5.74, 6) is -0.567. The number of quaternary nitrogens is 1. The number of phosphoric acid groups is 1. The molecule has 10 heteroatoms. The van der Waals surface area contributed by atoms with Crippen LogP contribution in [0.25, 0.3) is 0 Å². The van der Waals surface area contributed by atoms with E-state index in [4.69, 9.17) is 13.8 Å². The van der Waals surface area contributed by atoms with Gasteiger partial charge in [0.25, 0.3) is 0 Å². The number of hydrogen-bond acceptors (Lipinski definition) is 6. The fraction of sp³-hybridized carbons (Fsp3) is 0.714. The van der Waals surface area contributed by atoms with Crippen LogP contribution in [0.4, 0.5) is 0 Å². The maximum absolute atomic E-state index is 13.5. The van der Waals surface area contributed by atoms with Crippen LogP contribution in [0.2, 0.25) is 0 Å². The Hall–Kier alpha value is -3.07. The van der Waals surface area contributed by atoms with E-state index in [2.05, 4.69) is 111 Å². The van der Waals surface area contributed by atoms with Crippen molar-refractivity contribution >= 4 is 19.7 Å². The van der Waals surface area contributed by atoms with E-state index in [1.165, 1.54) is 96.3 Å². The van der Waals surface area contributed by atoms with Gasteiger partial charge in [0.1, 0.15) is 19.3 Å². The number of nitrogens with zero attached hydrogens (tertiary/aromatic N) is 1. The van der Waals surface area contributed by atoms with E-state index in [1.54, 1.807) is 0 Å². The molecule has 0 aliphatic rings. The molecule has 0 heterocycles. The number of likely N-dealkylation sites (N-methyl/N-ethyl adjacent to an activating group) is 1. The highest BCUT2D eigenvalue weighted by atomic mass is 31.2. The molecule has 9 nitrogen and oxygen atoms in total. The molecule has 0 aromatic heterocycles. The van der Waals surface area contributed by atoms with E-state index in [-0.39, 0.29) is 31.5 Å². The van der Waals surface area contributed by atoms with Crippen molar-refractivity contribution in [2.24, 2.45) is 0 Å². The Morgan fingerprint density at radius 2 is 0.877 bits per heavy atom. The third-order valence-electron chi connectivity index (χ3n) is 12.5. The molecule has 0 saturated heterocycles. The summed E-state index contributed by atoms with van der Waals surface area (Å²) in [6.07, 6.45) is 69.8. The minimum Gasteiger partial charge on any atom is -0.456 e. The van der Waals surface area contributed by atoms with Crippen molar-refractivity contribution in [3.8, 4) is 0 Å². The number of allylic oxidation sites excluding steroid dienone is 15. The number of hydrogen-bond donors (Lipinski definition) is 2. The van der Waals surface area contributed by atoms with Crippen LogP contribution in [0.1, 0.15) is 239 Å². The SMILES string of the molecule is CC/C=C\C/C=C\C/C=C\C/C=C\C/C=C\C/C=C\CCCCC(=O)OC(/C=C\CCCCCCCCCCC)C(COP(=O)(O)OCC[N+](C)(C)C)NC(=O)CCCCCCCCC/C=C\CCCCCC. The van der Waals surface area contributed by atoms with Crippen molar-refractivity contribution in [3.05, 3.63) is 97.2 Å². The summed E-state index contributed by atoms with van der Waals surface area (Å²) in [4.78, 5) is 37.6. The van der Waals surface area contributed by atoms with E-state index in [0.29, 0.717) is 23.9 Å². The Kier molecular flexibility index (Phi) is 50.2. The van der Waals surface area contributed by atoms with Crippen LogP contribution < -0.4 is 5.32 Å². The molecule has 0 spiro atoms. The van der Waals surface area contributed by atoms with Crippen LogP contribution in [-0.2, 0) is 27.9 Å². The number of unbranched alkanes of at least 4 members (excludes halogenated alkanes) is 22. The maximum atomic E-state index is 13.5. The number of carbonyl (C=O) groups is 2. The molecule has 0 bridgehead atoms. The number of esters is 1. The molecule has 0 radical (unpaired) electrons. The van der Waals surface area contributed by atoms with Gasteiger partial charge in [-0.25, -0.2) is 4.57 Å². The molecule has 1 amide bonds. The molecule has 2 N–H and O–H groups in total. The van der Waals surface area contributed by atoms with Gasteiger partial charge in [0.15, 0.2) is 0 Å². The van der Waals surface area contributed by atoms with Gasteiger partial charge in [-0.15, -0.1) is 0 Å². The van der Waals surface area contributed by atoms with Crippen molar-refractivity contribution < 1.29 is 37.3 Å². The Bertz CT molecular complexity index is 1570. The predicted octanol–water partition coefficient (Wildman–Crippen LogP) is 18.0. The third-order valence-corrected chi connectivity index (χ3v) is 13.5. The lowest BCUT2D eigenvalue weighted by atomic mass is 10.1. The Balaban J connectivity index is 5.36. The average Bonchev–Trinajstić information content (AvgIpc) is 3.35. The number of phosphoric ester groups is 1. The van der Waals surface area contributed by atoms with Gasteiger partial charge in [-0.3, -0.25) is 18.6 Å². The maximum Gasteiger partial charge on any atom is 0.472 e. The monoisotopic (exact) mass is 1040 g/mol. The van der Waals surface area contributed by atoms with Crippen LogP contribution in [0, 0.1) is 0 Å². The van der Waals surface area contributed by atoms with E-state index >= 15 is 0 Å². The molecule has 0 fully saturated rings. The highest BCUT2D eigenvalue weighted by Crippen LogP contribution is 2.43. The molecular formula is C63H112N2O7P+. The quantitative estimate of drug-likeness (QED) is 0.0205. The van der Waals surface area contributed by atoms with E-state index in [9.17, 15) is 19.0 Å². The first-order valence-electron chi connectivity index (χ1n) is 29.6. The first-order chi connectivity index (χ1) is 35.4. The second kappa shape index (κ2) is 52.4. The number of amides is 1. The Morgan fingerprint density at radius 1 is 0.493 bits per heavy atom. The summed E-state index contributed by atoms with van der Waals surface area (Å²) in [7, 11) is 1.46. The summed E-state index contributed by atoms with van der Waals surface area (Å²) in [5.41, 5.74) is 0. The van der Waals surface area contributed by atoms with Gasteiger partial charge in [-0.05, 0) is 109 Å². The lowest BCUT2D eigenvalue weighted by Gasteiger charge is -2.27. The number of ether oxygens (including phenoxy) is 1. The lowest BCUT2D eigenvalue weighted by Crippen LogP contribution is -2.47. The van der Waals surface area contributed by atoms with Crippen molar-refractivity contribution in [2.75, 3.05) is 40.9 Å². The molecule has 0 aromatic rings. The Morgan fingerprint density at radius 3 is 1.36 bits per heavy atom. The van der Waals surface area contributed by atoms with Crippen LogP contribution in [0.5, 0.6) is 0 Å². The molecule has 420 valence electrons. The van der Waals surface area contributed by atoms with Gasteiger partial charge >= 0.3 is 13.8 Å². The largest absolute Gasteiger partial charge is 0.472 e. The lowest BCUT2D eigenvalue weighted by molar-refractivity contribution is -0.870.